The Morgan fingerprint density at radius 2 is 0.667 bits per heavy atom. The smallest absolute Gasteiger partial charge is 0.273 e. The molecule has 0 aromatic heterocycles. The van der Waals surface area contributed by atoms with Crippen molar-refractivity contribution in [3.8, 4) is 0 Å². The maximum Gasteiger partial charge on any atom is 4.00 e. The summed E-state index contributed by atoms with van der Waals surface area (Å²) in [7, 11) is 0. The molecule has 0 fully saturated rings. The van der Waals surface area contributed by atoms with Crippen molar-refractivity contribution in [3.63, 3.8) is 0 Å². The molecule has 0 spiro atoms. The third-order valence-corrected chi connectivity index (χ3v) is 2.34. The molecule has 4 rings (SSSR count). The van der Waals surface area contributed by atoms with Crippen molar-refractivity contribution in [3.05, 3.63) is 97.2 Å². The van der Waals surface area contributed by atoms with E-state index in [4.69, 9.17) is 0 Å². The fourth-order valence-corrected chi connectivity index (χ4v) is 1.36. The first kappa shape index (κ1) is 19.8. The molecule has 0 aliphatic heterocycles. The Balaban J connectivity index is 0.000000250. The first-order chi connectivity index (χ1) is 10.0. The van der Waals surface area contributed by atoms with Crippen LogP contribution in [0.15, 0.2) is 72.9 Å². The fourth-order valence-electron chi connectivity index (χ4n) is 1.36. The van der Waals surface area contributed by atoms with Crippen molar-refractivity contribution < 1.29 is 25.8 Å². The normalized spacial score (nSPS) is 16.8. The fraction of sp³-hybridized carbons (Fsp3) is 0.200. The Morgan fingerprint density at radius 3 is 0.714 bits per heavy atom. The molecule has 0 aromatic carbocycles. The summed E-state index contributed by atoms with van der Waals surface area (Å²) in [6.45, 7) is 0. The predicted octanol–water partition coefficient (Wildman–Crippen LogP) is 5.22. The second kappa shape index (κ2) is 16.8. The van der Waals surface area contributed by atoms with Crippen LogP contribution in [-0.4, -0.2) is 0 Å². The molecule has 1 heteroatoms. The van der Waals surface area contributed by atoms with Crippen molar-refractivity contribution in [2.45, 2.75) is 25.7 Å². The van der Waals surface area contributed by atoms with Gasteiger partial charge < -0.3 is 0 Å². The molecule has 0 nitrogen and oxygen atoms in total. The molecule has 0 aromatic rings. The largest absolute Gasteiger partial charge is 4.00 e. The molecule has 4 aliphatic carbocycles. The van der Waals surface area contributed by atoms with Crippen molar-refractivity contribution >= 4 is 0 Å². The summed E-state index contributed by atoms with van der Waals surface area (Å²) < 4.78 is 0. The van der Waals surface area contributed by atoms with E-state index in [9.17, 15) is 0 Å². The Morgan fingerprint density at radius 1 is 0.429 bits per heavy atom. The van der Waals surface area contributed by atoms with Crippen LogP contribution in [0.5, 0.6) is 0 Å². The SMILES string of the molecule is [C-]1=CC=CC1.[C-]1=CC=CC1.[C-]1=CC=CC1.[C-]1=CC=CC1.[Hf+4]. The molecule has 0 bridgehead atoms. The monoisotopic (exact) mass is 440 g/mol. The van der Waals surface area contributed by atoms with Crippen molar-refractivity contribution in [1.82, 2.24) is 0 Å². The zero-order valence-corrected chi connectivity index (χ0v) is 15.8. The number of rotatable bonds is 0. The Bertz CT molecular complexity index is 326. The molecule has 0 saturated carbocycles. The van der Waals surface area contributed by atoms with Crippen molar-refractivity contribution in [2.75, 3.05) is 0 Å². The van der Waals surface area contributed by atoms with Crippen LogP contribution in [0.2, 0.25) is 0 Å². The van der Waals surface area contributed by atoms with Crippen LogP contribution in [0, 0.1) is 24.3 Å². The molecular weight excluding hydrogens is 419 g/mol. The molecule has 0 saturated heterocycles. The first-order valence-corrected chi connectivity index (χ1v) is 6.87. The standard InChI is InChI=1S/4C5H5.Hf/c4*1-2-4-5-3-1;/h4*1-3H,4H2;/q4*-1;+4. The minimum absolute atomic E-state index is 0. The Labute approximate surface area is 148 Å². The summed E-state index contributed by atoms with van der Waals surface area (Å²) in [4.78, 5) is 0. The summed E-state index contributed by atoms with van der Waals surface area (Å²) in [5.41, 5.74) is 0. The summed E-state index contributed by atoms with van der Waals surface area (Å²) in [5.74, 6) is 0. The van der Waals surface area contributed by atoms with Gasteiger partial charge >= 0.3 is 25.8 Å². The zero-order chi connectivity index (χ0) is 14.1. The number of allylic oxidation sites excluding steroid dienone is 16. The number of hydrogen-bond acceptors (Lipinski definition) is 0. The molecule has 0 atom stereocenters. The first-order valence-electron chi connectivity index (χ1n) is 6.87. The third kappa shape index (κ3) is 15.0. The minimum Gasteiger partial charge on any atom is -0.273 e. The van der Waals surface area contributed by atoms with Gasteiger partial charge in [0, 0.05) is 0 Å². The van der Waals surface area contributed by atoms with E-state index in [1.807, 2.05) is 48.6 Å². The zero-order valence-electron chi connectivity index (χ0n) is 12.3. The molecule has 104 valence electrons. The van der Waals surface area contributed by atoms with Gasteiger partial charge in [-0.2, -0.15) is 24.3 Å². The van der Waals surface area contributed by atoms with Crippen LogP contribution in [-0.2, 0) is 25.8 Å². The van der Waals surface area contributed by atoms with Gasteiger partial charge in [0.15, 0.2) is 0 Å². The van der Waals surface area contributed by atoms with E-state index in [0.717, 1.165) is 25.7 Å². The van der Waals surface area contributed by atoms with Crippen LogP contribution in [0.4, 0.5) is 0 Å². The van der Waals surface area contributed by atoms with E-state index >= 15 is 0 Å². The van der Waals surface area contributed by atoms with Crippen LogP contribution >= 0.6 is 0 Å². The predicted molar refractivity (Wildman–Crippen MR) is 86.3 cm³/mol. The van der Waals surface area contributed by atoms with Crippen molar-refractivity contribution in [2.24, 2.45) is 0 Å². The molecule has 21 heavy (non-hydrogen) atoms. The van der Waals surface area contributed by atoms with E-state index < -0.39 is 0 Å². The number of hydrogen-bond donors (Lipinski definition) is 0. The topological polar surface area (TPSA) is 0 Å². The van der Waals surface area contributed by atoms with Crippen LogP contribution in [0.3, 0.4) is 0 Å². The van der Waals surface area contributed by atoms with Gasteiger partial charge in [0.25, 0.3) is 0 Å². The molecule has 0 heterocycles. The molecule has 0 unspecified atom stereocenters. The van der Waals surface area contributed by atoms with Crippen LogP contribution < -0.4 is 0 Å². The molecular formula is C20H20Hf. The van der Waals surface area contributed by atoms with Gasteiger partial charge in [-0.3, -0.25) is 24.3 Å². The Kier molecular flexibility index (Phi) is 15.9. The maximum absolute atomic E-state index is 2.99. The molecule has 4 aliphatic rings. The van der Waals surface area contributed by atoms with Crippen molar-refractivity contribution in [1.29, 1.82) is 0 Å². The van der Waals surface area contributed by atoms with E-state index in [1.54, 1.807) is 0 Å². The molecule has 0 N–H and O–H groups in total. The molecule has 0 radical (unpaired) electrons. The van der Waals surface area contributed by atoms with Gasteiger partial charge in [0.2, 0.25) is 0 Å². The van der Waals surface area contributed by atoms with E-state index in [0.29, 0.717) is 0 Å². The van der Waals surface area contributed by atoms with Gasteiger partial charge in [0.1, 0.15) is 0 Å². The quantitative estimate of drug-likeness (QED) is 0.359. The summed E-state index contributed by atoms with van der Waals surface area (Å²) in [6, 6.07) is 0. The van der Waals surface area contributed by atoms with Gasteiger partial charge in [-0.1, -0.05) is 0 Å². The average molecular weight is 439 g/mol. The van der Waals surface area contributed by atoms with Gasteiger partial charge in [-0.25, -0.2) is 48.6 Å². The summed E-state index contributed by atoms with van der Waals surface area (Å²) >= 11 is 0. The maximum atomic E-state index is 2.99. The summed E-state index contributed by atoms with van der Waals surface area (Å²) in [6.07, 6.45) is 40.0. The second-order valence-corrected chi connectivity index (χ2v) is 4.01. The third-order valence-electron chi connectivity index (χ3n) is 2.34. The van der Waals surface area contributed by atoms with E-state index in [1.165, 1.54) is 0 Å². The minimum atomic E-state index is 0. The average Bonchev–Trinajstić information content (AvgIpc) is 3.40. The van der Waals surface area contributed by atoms with E-state index in [-0.39, 0.29) is 25.8 Å². The molecule has 0 amide bonds. The van der Waals surface area contributed by atoms with Gasteiger partial charge in [0.05, 0.1) is 0 Å². The van der Waals surface area contributed by atoms with Crippen LogP contribution in [0.1, 0.15) is 25.7 Å². The summed E-state index contributed by atoms with van der Waals surface area (Å²) in [5, 5.41) is 0. The Hall–Kier alpha value is -1.21. The second-order valence-electron chi connectivity index (χ2n) is 4.01. The van der Waals surface area contributed by atoms with Gasteiger partial charge in [-0.05, 0) is 0 Å². The van der Waals surface area contributed by atoms with Crippen LogP contribution in [0.25, 0.3) is 0 Å². The van der Waals surface area contributed by atoms with E-state index in [2.05, 4.69) is 48.6 Å². The van der Waals surface area contributed by atoms with Gasteiger partial charge in [-0.15, -0.1) is 25.7 Å².